The molecule has 4 nitrogen and oxygen atoms in total. The van der Waals surface area contributed by atoms with Gasteiger partial charge in [-0.15, -0.1) is 0 Å². The fourth-order valence-electron chi connectivity index (χ4n) is 2.06. The van der Waals surface area contributed by atoms with Gasteiger partial charge in [0.05, 0.1) is 0 Å². The van der Waals surface area contributed by atoms with Gasteiger partial charge < -0.3 is 5.11 Å². The van der Waals surface area contributed by atoms with E-state index in [1.165, 1.54) is 11.6 Å². The van der Waals surface area contributed by atoms with Crippen molar-refractivity contribution in [2.75, 3.05) is 13.1 Å². The normalized spacial score (nSPS) is 16.8. The Morgan fingerprint density at radius 1 is 1.35 bits per heavy atom. The van der Waals surface area contributed by atoms with E-state index in [0.717, 1.165) is 38.0 Å². The fourth-order valence-corrected chi connectivity index (χ4v) is 2.06. The molecular weight excluding hydrogens is 216 g/mol. The van der Waals surface area contributed by atoms with Gasteiger partial charge in [0.25, 0.3) is 0 Å². The molecule has 2 heterocycles. The lowest BCUT2D eigenvalue weighted by atomic mass is 10.0. The highest BCUT2D eigenvalue weighted by Gasteiger charge is 2.14. The van der Waals surface area contributed by atoms with Gasteiger partial charge in [-0.3, -0.25) is 9.88 Å². The van der Waals surface area contributed by atoms with Crippen LogP contribution < -0.4 is 0 Å². The van der Waals surface area contributed by atoms with Crippen LogP contribution in [-0.2, 0) is 11.3 Å². The van der Waals surface area contributed by atoms with Gasteiger partial charge in [-0.05, 0) is 30.5 Å². The Hall–Kier alpha value is -1.68. The summed E-state index contributed by atoms with van der Waals surface area (Å²) in [5, 5.41) is 8.67. The highest BCUT2D eigenvalue weighted by molar-refractivity contribution is 5.80. The lowest BCUT2D eigenvalue weighted by Crippen LogP contribution is -2.30. The molecule has 0 radical (unpaired) electrons. The molecule has 0 aromatic carbocycles. The predicted molar refractivity (Wildman–Crippen MR) is 64.5 cm³/mol. The topological polar surface area (TPSA) is 53.4 Å². The average Bonchev–Trinajstić information content (AvgIpc) is 2.32. The zero-order valence-electron chi connectivity index (χ0n) is 9.67. The molecule has 0 spiro atoms. The van der Waals surface area contributed by atoms with Crippen LogP contribution in [0.2, 0.25) is 0 Å². The van der Waals surface area contributed by atoms with Gasteiger partial charge in [0, 0.05) is 38.1 Å². The maximum atomic E-state index is 10.5. The van der Waals surface area contributed by atoms with E-state index in [2.05, 4.69) is 9.88 Å². The first-order chi connectivity index (χ1) is 8.24. The number of carboxylic acid groups (broad SMARTS) is 1. The van der Waals surface area contributed by atoms with Crippen molar-refractivity contribution in [3.05, 3.63) is 41.7 Å². The number of hydrogen-bond donors (Lipinski definition) is 1. The molecule has 1 aromatic heterocycles. The molecule has 1 fully saturated rings. The molecule has 17 heavy (non-hydrogen) atoms. The first kappa shape index (κ1) is 11.8. The fraction of sp³-hybridized carbons (Fsp3) is 0.385. The van der Waals surface area contributed by atoms with Gasteiger partial charge in [0.15, 0.2) is 0 Å². The summed E-state index contributed by atoms with van der Waals surface area (Å²) in [7, 11) is 0. The minimum Gasteiger partial charge on any atom is -0.478 e. The van der Waals surface area contributed by atoms with E-state index in [1.54, 1.807) is 12.4 Å². The third kappa shape index (κ3) is 3.67. The van der Waals surface area contributed by atoms with Crippen LogP contribution in [0.3, 0.4) is 0 Å². The van der Waals surface area contributed by atoms with Crippen molar-refractivity contribution < 1.29 is 9.90 Å². The van der Waals surface area contributed by atoms with Crippen molar-refractivity contribution in [2.45, 2.75) is 19.4 Å². The molecule has 0 unspecified atom stereocenters. The van der Waals surface area contributed by atoms with Crippen molar-refractivity contribution in [1.82, 2.24) is 9.88 Å². The third-order valence-corrected chi connectivity index (χ3v) is 2.98. The summed E-state index contributed by atoms with van der Waals surface area (Å²) in [4.78, 5) is 16.9. The second kappa shape index (κ2) is 5.59. The van der Waals surface area contributed by atoms with Crippen LogP contribution in [0.15, 0.2) is 36.2 Å². The minimum absolute atomic E-state index is 0.831. The van der Waals surface area contributed by atoms with E-state index in [-0.39, 0.29) is 0 Å². The number of hydrogen-bond acceptors (Lipinski definition) is 3. The Bertz CT molecular complexity index is 405. The quantitative estimate of drug-likeness (QED) is 0.806. The summed E-state index contributed by atoms with van der Waals surface area (Å²) < 4.78 is 0. The maximum Gasteiger partial charge on any atom is 0.328 e. The molecule has 1 aliphatic rings. The molecule has 1 N–H and O–H groups in total. The molecule has 1 aliphatic heterocycles. The van der Waals surface area contributed by atoms with Crippen LogP contribution in [0.5, 0.6) is 0 Å². The Labute approximate surface area is 101 Å². The Morgan fingerprint density at radius 2 is 2.00 bits per heavy atom. The lowest BCUT2D eigenvalue weighted by Gasteiger charge is -2.28. The lowest BCUT2D eigenvalue weighted by molar-refractivity contribution is -0.131. The zero-order chi connectivity index (χ0) is 12.1. The Morgan fingerprint density at radius 3 is 2.59 bits per heavy atom. The highest BCUT2D eigenvalue weighted by Crippen LogP contribution is 2.17. The first-order valence-electron chi connectivity index (χ1n) is 5.77. The summed E-state index contributed by atoms with van der Waals surface area (Å²) in [6.45, 7) is 2.78. The number of likely N-dealkylation sites (tertiary alicyclic amines) is 1. The molecule has 0 aliphatic carbocycles. The van der Waals surface area contributed by atoms with Crippen molar-refractivity contribution in [1.29, 1.82) is 0 Å². The van der Waals surface area contributed by atoms with Crippen molar-refractivity contribution >= 4 is 5.97 Å². The van der Waals surface area contributed by atoms with Gasteiger partial charge in [-0.25, -0.2) is 4.79 Å². The number of aliphatic carboxylic acids is 1. The van der Waals surface area contributed by atoms with Crippen LogP contribution >= 0.6 is 0 Å². The number of carbonyl (C=O) groups is 1. The number of carboxylic acids is 1. The standard InChI is InChI=1S/C13H16N2O2/c16-13(17)9-11-3-7-15(8-4-11)10-12-1-5-14-6-2-12/h1-2,5-6,9H,3-4,7-8,10H2,(H,16,17). The van der Waals surface area contributed by atoms with Crippen LogP contribution in [-0.4, -0.2) is 34.0 Å². The molecular formula is C13H16N2O2. The van der Waals surface area contributed by atoms with Crippen molar-refractivity contribution in [3.63, 3.8) is 0 Å². The molecule has 0 amide bonds. The average molecular weight is 232 g/mol. The Kier molecular flexibility index (Phi) is 3.88. The van der Waals surface area contributed by atoms with E-state index in [9.17, 15) is 4.79 Å². The predicted octanol–water partition coefficient (Wildman–Crippen LogP) is 1.69. The van der Waals surface area contributed by atoms with Crippen LogP contribution in [0.1, 0.15) is 18.4 Å². The van der Waals surface area contributed by atoms with Gasteiger partial charge in [0.1, 0.15) is 0 Å². The maximum absolute atomic E-state index is 10.5. The second-order valence-corrected chi connectivity index (χ2v) is 4.27. The summed E-state index contributed by atoms with van der Waals surface area (Å²) in [6, 6.07) is 4.03. The number of aromatic nitrogens is 1. The smallest absolute Gasteiger partial charge is 0.328 e. The number of rotatable bonds is 3. The summed E-state index contributed by atoms with van der Waals surface area (Å²) in [5.74, 6) is -0.831. The van der Waals surface area contributed by atoms with Crippen molar-refractivity contribution in [2.24, 2.45) is 0 Å². The highest BCUT2D eigenvalue weighted by atomic mass is 16.4. The molecule has 1 saturated heterocycles. The molecule has 90 valence electrons. The van der Waals surface area contributed by atoms with Gasteiger partial charge in [-0.2, -0.15) is 0 Å². The van der Waals surface area contributed by atoms with E-state index >= 15 is 0 Å². The molecule has 2 rings (SSSR count). The van der Waals surface area contributed by atoms with Gasteiger partial charge in [0.2, 0.25) is 0 Å². The third-order valence-electron chi connectivity index (χ3n) is 2.98. The summed E-state index contributed by atoms with van der Waals surface area (Å²) in [6.07, 6.45) is 6.67. The van der Waals surface area contributed by atoms with Crippen LogP contribution in [0, 0.1) is 0 Å². The molecule has 0 saturated carbocycles. The monoisotopic (exact) mass is 232 g/mol. The molecule has 0 atom stereocenters. The number of pyridine rings is 1. The molecule has 1 aromatic rings. The van der Waals surface area contributed by atoms with E-state index in [4.69, 9.17) is 5.11 Å². The van der Waals surface area contributed by atoms with E-state index in [1.807, 2.05) is 12.1 Å². The van der Waals surface area contributed by atoms with Crippen LogP contribution in [0.25, 0.3) is 0 Å². The second-order valence-electron chi connectivity index (χ2n) is 4.27. The minimum atomic E-state index is -0.831. The van der Waals surface area contributed by atoms with Crippen molar-refractivity contribution in [3.8, 4) is 0 Å². The summed E-state index contributed by atoms with van der Waals surface area (Å²) in [5.41, 5.74) is 2.30. The SMILES string of the molecule is O=C(O)C=C1CCN(Cc2ccncc2)CC1. The van der Waals surface area contributed by atoms with Crippen LogP contribution in [0.4, 0.5) is 0 Å². The van der Waals surface area contributed by atoms with E-state index in [0.29, 0.717) is 0 Å². The van der Waals surface area contributed by atoms with Gasteiger partial charge >= 0.3 is 5.97 Å². The summed E-state index contributed by atoms with van der Waals surface area (Å²) >= 11 is 0. The Balaban J connectivity index is 1.86. The zero-order valence-corrected chi connectivity index (χ0v) is 9.67. The molecule has 0 bridgehead atoms. The van der Waals surface area contributed by atoms with E-state index < -0.39 is 5.97 Å². The largest absolute Gasteiger partial charge is 0.478 e. The number of nitrogens with zero attached hydrogens (tertiary/aromatic N) is 2. The van der Waals surface area contributed by atoms with Gasteiger partial charge in [-0.1, -0.05) is 5.57 Å². The first-order valence-corrected chi connectivity index (χ1v) is 5.77. The number of piperidine rings is 1. The molecule has 4 heteroatoms.